The molecule has 2 nitrogen and oxygen atoms in total. The number of nitrogens with zero attached hydrogens (tertiary/aromatic N) is 1. The standard InChI is InChI=1S/C16H25ClN2/c1-13(15-9-5-6-10-16(15)17)18-11-12-19(2)14-7-3-4-8-14/h5-6,9-10,13-14,18H,3-4,7-8,11-12H2,1-2H3. The van der Waals surface area contributed by atoms with Gasteiger partial charge in [-0.05, 0) is 38.4 Å². The normalized spacial score (nSPS) is 18.1. The summed E-state index contributed by atoms with van der Waals surface area (Å²) in [4.78, 5) is 2.50. The van der Waals surface area contributed by atoms with Crippen LogP contribution < -0.4 is 5.32 Å². The summed E-state index contributed by atoms with van der Waals surface area (Å²) in [5.41, 5.74) is 1.19. The number of halogens is 1. The fourth-order valence-electron chi connectivity index (χ4n) is 2.92. The Labute approximate surface area is 122 Å². The molecule has 0 bridgehead atoms. The molecule has 2 rings (SSSR count). The van der Waals surface area contributed by atoms with Crippen molar-refractivity contribution in [3.05, 3.63) is 34.9 Å². The summed E-state index contributed by atoms with van der Waals surface area (Å²) in [7, 11) is 2.25. The lowest BCUT2D eigenvalue weighted by atomic mass is 10.1. The SMILES string of the molecule is CC(NCCN(C)C1CCCC1)c1ccccc1Cl. The number of nitrogens with one attached hydrogen (secondary N) is 1. The van der Waals surface area contributed by atoms with Crippen molar-refractivity contribution in [1.82, 2.24) is 10.2 Å². The van der Waals surface area contributed by atoms with Gasteiger partial charge in [0.05, 0.1) is 0 Å². The fourth-order valence-corrected chi connectivity index (χ4v) is 3.22. The third-order valence-corrected chi connectivity index (χ3v) is 4.58. The molecule has 1 atom stereocenters. The van der Waals surface area contributed by atoms with Crippen LogP contribution in [-0.4, -0.2) is 31.1 Å². The maximum absolute atomic E-state index is 6.21. The van der Waals surface area contributed by atoms with Gasteiger partial charge in [0, 0.05) is 30.2 Å². The minimum atomic E-state index is 0.311. The van der Waals surface area contributed by atoms with Gasteiger partial charge in [0.2, 0.25) is 0 Å². The van der Waals surface area contributed by atoms with Crippen LogP contribution in [0.15, 0.2) is 24.3 Å². The molecule has 0 radical (unpaired) electrons. The number of hydrogen-bond donors (Lipinski definition) is 1. The van der Waals surface area contributed by atoms with Crippen molar-refractivity contribution in [3.63, 3.8) is 0 Å². The van der Waals surface area contributed by atoms with Gasteiger partial charge < -0.3 is 10.2 Å². The number of rotatable bonds is 6. The first kappa shape index (κ1) is 14.8. The molecule has 1 N–H and O–H groups in total. The predicted molar refractivity (Wildman–Crippen MR) is 82.8 cm³/mol. The number of hydrogen-bond acceptors (Lipinski definition) is 2. The Kier molecular flexibility index (Phi) is 5.68. The van der Waals surface area contributed by atoms with E-state index in [1.807, 2.05) is 18.2 Å². The van der Waals surface area contributed by atoms with Gasteiger partial charge in [-0.25, -0.2) is 0 Å². The van der Waals surface area contributed by atoms with Gasteiger partial charge in [-0.3, -0.25) is 0 Å². The Morgan fingerprint density at radius 1 is 1.32 bits per heavy atom. The lowest BCUT2D eigenvalue weighted by Crippen LogP contribution is -2.36. The van der Waals surface area contributed by atoms with Crippen LogP contribution in [0.1, 0.15) is 44.2 Å². The van der Waals surface area contributed by atoms with E-state index < -0.39 is 0 Å². The van der Waals surface area contributed by atoms with Gasteiger partial charge in [0.1, 0.15) is 0 Å². The van der Waals surface area contributed by atoms with Crippen LogP contribution in [0.4, 0.5) is 0 Å². The first-order valence-corrected chi connectivity index (χ1v) is 7.74. The van der Waals surface area contributed by atoms with Crippen LogP contribution in [0.25, 0.3) is 0 Å². The second-order valence-electron chi connectivity index (χ2n) is 5.62. The largest absolute Gasteiger partial charge is 0.309 e. The zero-order valence-electron chi connectivity index (χ0n) is 12.0. The van der Waals surface area contributed by atoms with Gasteiger partial charge in [-0.1, -0.05) is 42.6 Å². The molecule has 1 aliphatic rings. The van der Waals surface area contributed by atoms with E-state index in [1.165, 1.54) is 31.2 Å². The maximum atomic E-state index is 6.21. The summed E-state index contributed by atoms with van der Waals surface area (Å²) >= 11 is 6.21. The van der Waals surface area contributed by atoms with Gasteiger partial charge >= 0.3 is 0 Å². The van der Waals surface area contributed by atoms with Crippen molar-refractivity contribution in [1.29, 1.82) is 0 Å². The molecule has 19 heavy (non-hydrogen) atoms. The molecule has 0 aromatic heterocycles. The van der Waals surface area contributed by atoms with Crippen LogP contribution in [-0.2, 0) is 0 Å². The quantitative estimate of drug-likeness (QED) is 0.851. The number of benzene rings is 1. The molecule has 1 saturated carbocycles. The Hall–Kier alpha value is -0.570. The zero-order valence-corrected chi connectivity index (χ0v) is 12.8. The highest BCUT2D eigenvalue weighted by Gasteiger charge is 2.19. The Bertz CT molecular complexity index is 388. The van der Waals surface area contributed by atoms with Crippen LogP contribution >= 0.6 is 11.6 Å². The molecule has 3 heteroatoms. The van der Waals surface area contributed by atoms with Gasteiger partial charge in [-0.2, -0.15) is 0 Å². The van der Waals surface area contributed by atoms with E-state index in [-0.39, 0.29) is 0 Å². The van der Waals surface area contributed by atoms with Gasteiger partial charge in [0.25, 0.3) is 0 Å². The van der Waals surface area contributed by atoms with E-state index >= 15 is 0 Å². The Morgan fingerprint density at radius 2 is 2.00 bits per heavy atom. The molecule has 1 aliphatic carbocycles. The molecule has 0 spiro atoms. The Morgan fingerprint density at radius 3 is 2.68 bits per heavy atom. The summed E-state index contributed by atoms with van der Waals surface area (Å²) in [6.07, 6.45) is 5.55. The van der Waals surface area contributed by atoms with E-state index in [9.17, 15) is 0 Å². The zero-order chi connectivity index (χ0) is 13.7. The average molecular weight is 281 g/mol. The monoisotopic (exact) mass is 280 g/mol. The molecule has 106 valence electrons. The van der Waals surface area contributed by atoms with E-state index in [0.717, 1.165) is 24.2 Å². The van der Waals surface area contributed by atoms with Crippen LogP contribution in [0.3, 0.4) is 0 Å². The highest BCUT2D eigenvalue weighted by Crippen LogP contribution is 2.23. The van der Waals surface area contributed by atoms with Crippen molar-refractivity contribution < 1.29 is 0 Å². The molecule has 1 fully saturated rings. The van der Waals surface area contributed by atoms with Crippen molar-refractivity contribution in [3.8, 4) is 0 Å². The lowest BCUT2D eigenvalue weighted by Gasteiger charge is -2.25. The Balaban J connectivity index is 1.74. The first-order chi connectivity index (χ1) is 9.18. The van der Waals surface area contributed by atoms with Crippen molar-refractivity contribution in [2.45, 2.75) is 44.7 Å². The van der Waals surface area contributed by atoms with E-state index in [0.29, 0.717) is 6.04 Å². The smallest absolute Gasteiger partial charge is 0.0453 e. The summed E-state index contributed by atoms with van der Waals surface area (Å²) in [6.45, 7) is 4.30. The van der Waals surface area contributed by atoms with E-state index in [2.05, 4.69) is 30.3 Å². The summed E-state index contributed by atoms with van der Waals surface area (Å²) in [6, 6.07) is 9.19. The molecule has 1 unspecified atom stereocenters. The highest BCUT2D eigenvalue weighted by atomic mass is 35.5. The number of likely N-dealkylation sites (N-methyl/N-ethyl adjacent to an activating group) is 1. The van der Waals surface area contributed by atoms with Crippen molar-refractivity contribution >= 4 is 11.6 Å². The summed E-state index contributed by atoms with van der Waals surface area (Å²) in [5.74, 6) is 0. The molecule has 0 amide bonds. The van der Waals surface area contributed by atoms with E-state index in [1.54, 1.807) is 0 Å². The highest BCUT2D eigenvalue weighted by molar-refractivity contribution is 6.31. The third-order valence-electron chi connectivity index (χ3n) is 4.23. The molecule has 1 aromatic rings. The summed E-state index contributed by atoms with van der Waals surface area (Å²) < 4.78 is 0. The molecule has 1 aromatic carbocycles. The van der Waals surface area contributed by atoms with Gasteiger partial charge in [-0.15, -0.1) is 0 Å². The molecule has 0 saturated heterocycles. The van der Waals surface area contributed by atoms with Crippen molar-refractivity contribution in [2.75, 3.05) is 20.1 Å². The van der Waals surface area contributed by atoms with Crippen LogP contribution in [0.2, 0.25) is 5.02 Å². The molecular formula is C16H25ClN2. The summed E-state index contributed by atoms with van der Waals surface area (Å²) in [5, 5.41) is 4.42. The topological polar surface area (TPSA) is 15.3 Å². The fraction of sp³-hybridized carbons (Fsp3) is 0.625. The molecule has 0 heterocycles. The lowest BCUT2D eigenvalue weighted by molar-refractivity contribution is 0.243. The second kappa shape index (κ2) is 7.28. The molecular weight excluding hydrogens is 256 g/mol. The maximum Gasteiger partial charge on any atom is 0.0453 e. The van der Waals surface area contributed by atoms with Crippen molar-refractivity contribution in [2.24, 2.45) is 0 Å². The van der Waals surface area contributed by atoms with Crippen LogP contribution in [0.5, 0.6) is 0 Å². The van der Waals surface area contributed by atoms with Gasteiger partial charge in [0.15, 0.2) is 0 Å². The average Bonchev–Trinajstić information content (AvgIpc) is 2.93. The van der Waals surface area contributed by atoms with E-state index in [4.69, 9.17) is 11.6 Å². The predicted octanol–water partition coefficient (Wildman–Crippen LogP) is 3.87. The van der Waals surface area contributed by atoms with Crippen LogP contribution in [0, 0.1) is 0 Å². The molecule has 0 aliphatic heterocycles. The first-order valence-electron chi connectivity index (χ1n) is 7.36. The minimum Gasteiger partial charge on any atom is -0.309 e. The third kappa shape index (κ3) is 4.20. The minimum absolute atomic E-state index is 0.311. The second-order valence-corrected chi connectivity index (χ2v) is 6.02.